The first-order valence-corrected chi connectivity index (χ1v) is 7.11. The number of amides is 1. The van der Waals surface area contributed by atoms with Gasteiger partial charge in [0.15, 0.2) is 0 Å². The molecule has 0 radical (unpaired) electrons. The summed E-state index contributed by atoms with van der Waals surface area (Å²) in [5.74, 6) is 0.994. The highest BCUT2D eigenvalue weighted by Crippen LogP contribution is 2.48. The third kappa shape index (κ3) is 2.56. The smallest absolute Gasteiger partial charge is 0.230 e. The van der Waals surface area contributed by atoms with Crippen LogP contribution in [0.1, 0.15) is 24.2 Å². The minimum atomic E-state index is -0.340. The first kappa shape index (κ1) is 13.2. The Hall–Kier alpha value is -1.81. The Kier molecular flexibility index (Phi) is 3.49. The summed E-state index contributed by atoms with van der Waals surface area (Å²) in [6.45, 7) is 0.599. The quantitative estimate of drug-likeness (QED) is 0.888. The van der Waals surface area contributed by atoms with Crippen molar-refractivity contribution in [1.29, 1.82) is 0 Å². The number of benzene rings is 1. The van der Waals surface area contributed by atoms with Crippen LogP contribution in [0.25, 0.3) is 0 Å². The largest absolute Gasteiger partial charge is 0.355 e. The predicted molar refractivity (Wildman–Crippen MR) is 77.7 cm³/mol. The predicted octanol–water partition coefficient (Wildman–Crippen LogP) is 2.45. The van der Waals surface area contributed by atoms with Crippen LogP contribution in [0.15, 0.2) is 36.7 Å². The maximum Gasteiger partial charge on any atom is 0.230 e. The summed E-state index contributed by atoms with van der Waals surface area (Å²) in [4.78, 5) is 19.5. The molecule has 1 aromatic carbocycles. The van der Waals surface area contributed by atoms with Gasteiger partial charge in [0.25, 0.3) is 0 Å². The van der Waals surface area contributed by atoms with Crippen molar-refractivity contribution >= 4 is 17.5 Å². The number of aromatic nitrogens is 2. The van der Waals surface area contributed by atoms with Crippen LogP contribution in [-0.4, -0.2) is 22.4 Å². The van der Waals surface area contributed by atoms with Gasteiger partial charge >= 0.3 is 0 Å². The van der Waals surface area contributed by atoms with Gasteiger partial charge in [-0.1, -0.05) is 23.7 Å². The van der Waals surface area contributed by atoms with Gasteiger partial charge in [-0.25, -0.2) is 4.98 Å². The van der Waals surface area contributed by atoms with Crippen molar-refractivity contribution in [2.45, 2.75) is 24.7 Å². The summed E-state index contributed by atoms with van der Waals surface area (Å²) in [5, 5.41) is 3.70. The molecule has 2 aromatic rings. The number of hydrogen-bond acceptors (Lipinski definition) is 2. The van der Waals surface area contributed by atoms with Crippen LogP contribution >= 0.6 is 11.6 Å². The van der Waals surface area contributed by atoms with Gasteiger partial charge in [-0.2, -0.15) is 0 Å². The number of halogens is 1. The maximum atomic E-state index is 12.4. The molecule has 1 aromatic heterocycles. The molecule has 1 heterocycles. The van der Waals surface area contributed by atoms with E-state index in [0.29, 0.717) is 11.6 Å². The molecule has 0 bridgehead atoms. The van der Waals surface area contributed by atoms with Gasteiger partial charge in [0.2, 0.25) is 5.91 Å². The van der Waals surface area contributed by atoms with Crippen LogP contribution in [0.4, 0.5) is 0 Å². The van der Waals surface area contributed by atoms with Crippen molar-refractivity contribution in [3.8, 4) is 0 Å². The Bertz CT molecular complexity index is 588. The fourth-order valence-corrected chi connectivity index (χ4v) is 2.57. The number of carbonyl (C=O) groups is 1. The number of nitrogens with zero attached hydrogens (tertiary/aromatic N) is 1. The minimum Gasteiger partial charge on any atom is -0.355 e. The third-order valence-corrected chi connectivity index (χ3v) is 4.04. The molecular weight excluding hydrogens is 274 g/mol. The molecule has 0 atom stereocenters. The summed E-state index contributed by atoms with van der Waals surface area (Å²) in [6, 6.07) is 7.57. The number of hydrogen-bond donors (Lipinski definition) is 2. The van der Waals surface area contributed by atoms with E-state index in [4.69, 9.17) is 11.6 Å². The van der Waals surface area contributed by atoms with E-state index in [-0.39, 0.29) is 11.3 Å². The summed E-state index contributed by atoms with van der Waals surface area (Å²) in [7, 11) is 0. The fourth-order valence-electron chi connectivity index (χ4n) is 2.44. The molecule has 0 aliphatic heterocycles. The number of rotatable bonds is 5. The zero-order valence-corrected chi connectivity index (χ0v) is 11.8. The van der Waals surface area contributed by atoms with Gasteiger partial charge in [-0.3, -0.25) is 4.79 Å². The van der Waals surface area contributed by atoms with E-state index in [0.717, 1.165) is 30.7 Å². The average molecular weight is 290 g/mol. The highest BCUT2D eigenvalue weighted by atomic mass is 35.5. The van der Waals surface area contributed by atoms with Crippen molar-refractivity contribution in [2.24, 2.45) is 0 Å². The number of nitrogens with one attached hydrogen (secondary N) is 2. The van der Waals surface area contributed by atoms with E-state index < -0.39 is 0 Å². The average Bonchev–Trinajstić information content (AvgIpc) is 3.10. The highest BCUT2D eigenvalue weighted by molar-refractivity contribution is 6.30. The van der Waals surface area contributed by atoms with Gasteiger partial charge in [0.05, 0.1) is 5.41 Å². The number of aromatic amines is 1. The normalized spacial score (nSPS) is 15.8. The lowest BCUT2D eigenvalue weighted by molar-refractivity contribution is -0.123. The molecule has 1 saturated carbocycles. The highest BCUT2D eigenvalue weighted by Gasteiger charge is 2.50. The van der Waals surface area contributed by atoms with E-state index >= 15 is 0 Å². The van der Waals surface area contributed by atoms with E-state index in [2.05, 4.69) is 15.3 Å². The van der Waals surface area contributed by atoms with Crippen molar-refractivity contribution in [1.82, 2.24) is 15.3 Å². The molecule has 0 saturated heterocycles. The molecule has 3 rings (SSSR count). The Balaban J connectivity index is 1.60. The Morgan fingerprint density at radius 3 is 2.70 bits per heavy atom. The molecule has 2 N–H and O–H groups in total. The Labute approximate surface area is 122 Å². The van der Waals surface area contributed by atoms with Gasteiger partial charge < -0.3 is 10.3 Å². The second-order valence-corrected chi connectivity index (χ2v) is 5.57. The topological polar surface area (TPSA) is 57.8 Å². The lowest BCUT2D eigenvalue weighted by atomic mass is 9.95. The Morgan fingerprint density at radius 2 is 2.10 bits per heavy atom. The molecule has 1 amide bonds. The molecule has 20 heavy (non-hydrogen) atoms. The van der Waals surface area contributed by atoms with Crippen LogP contribution in [0, 0.1) is 0 Å². The standard InChI is InChI=1S/C15H16ClN3O/c16-12-3-1-11(2-4-12)15(6-7-15)14(20)19-8-5-13-17-9-10-18-13/h1-4,9-10H,5-8H2,(H,17,18)(H,19,20). The van der Waals surface area contributed by atoms with Crippen LogP contribution in [0.3, 0.4) is 0 Å². The van der Waals surface area contributed by atoms with Crippen LogP contribution in [0.2, 0.25) is 5.02 Å². The van der Waals surface area contributed by atoms with Crippen molar-refractivity contribution in [3.05, 3.63) is 53.1 Å². The Morgan fingerprint density at radius 1 is 1.35 bits per heavy atom. The lowest BCUT2D eigenvalue weighted by Crippen LogP contribution is -2.36. The minimum absolute atomic E-state index is 0.103. The van der Waals surface area contributed by atoms with E-state index in [1.807, 2.05) is 24.3 Å². The first-order valence-electron chi connectivity index (χ1n) is 6.73. The summed E-state index contributed by atoms with van der Waals surface area (Å²) < 4.78 is 0. The maximum absolute atomic E-state index is 12.4. The molecule has 4 nitrogen and oxygen atoms in total. The van der Waals surface area contributed by atoms with Gasteiger partial charge in [-0.15, -0.1) is 0 Å². The molecule has 1 aliphatic rings. The summed E-state index contributed by atoms with van der Waals surface area (Å²) in [5.41, 5.74) is 0.714. The molecular formula is C15H16ClN3O. The number of H-pyrrole nitrogens is 1. The van der Waals surface area contributed by atoms with Crippen molar-refractivity contribution < 1.29 is 4.79 Å². The fraction of sp³-hybridized carbons (Fsp3) is 0.333. The number of carbonyl (C=O) groups excluding carboxylic acids is 1. The number of imidazole rings is 1. The lowest BCUT2D eigenvalue weighted by Gasteiger charge is -2.15. The monoisotopic (exact) mass is 289 g/mol. The van der Waals surface area contributed by atoms with Crippen LogP contribution in [-0.2, 0) is 16.6 Å². The molecule has 1 fully saturated rings. The van der Waals surface area contributed by atoms with E-state index in [1.165, 1.54) is 0 Å². The molecule has 104 valence electrons. The first-order chi connectivity index (χ1) is 9.71. The van der Waals surface area contributed by atoms with Gasteiger partial charge in [-0.05, 0) is 30.5 Å². The SMILES string of the molecule is O=C(NCCc1ncc[nH]1)C1(c2ccc(Cl)cc2)CC1. The zero-order valence-electron chi connectivity index (χ0n) is 11.0. The second-order valence-electron chi connectivity index (χ2n) is 5.13. The van der Waals surface area contributed by atoms with Crippen molar-refractivity contribution in [2.75, 3.05) is 6.54 Å². The van der Waals surface area contributed by atoms with E-state index in [9.17, 15) is 4.79 Å². The van der Waals surface area contributed by atoms with E-state index in [1.54, 1.807) is 12.4 Å². The second kappa shape index (κ2) is 5.29. The molecule has 5 heteroatoms. The summed E-state index contributed by atoms with van der Waals surface area (Å²) in [6.07, 6.45) is 6.03. The van der Waals surface area contributed by atoms with Gasteiger partial charge in [0.1, 0.15) is 5.82 Å². The van der Waals surface area contributed by atoms with Crippen molar-refractivity contribution in [3.63, 3.8) is 0 Å². The third-order valence-electron chi connectivity index (χ3n) is 3.78. The zero-order chi connectivity index (χ0) is 14.0. The molecule has 0 unspecified atom stereocenters. The summed E-state index contributed by atoms with van der Waals surface area (Å²) >= 11 is 5.89. The van der Waals surface area contributed by atoms with Crippen LogP contribution < -0.4 is 5.32 Å². The molecule has 1 aliphatic carbocycles. The molecule has 0 spiro atoms. The van der Waals surface area contributed by atoms with Gasteiger partial charge in [0, 0.05) is 30.4 Å². The van der Waals surface area contributed by atoms with Crippen LogP contribution in [0.5, 0.6) is 0 Å².